The summed E-state index contributed by atoms with van der Waals surface area (Å²) < 4.78 is 39.7. The van der Waals surface area contributed by atoms with Gasteiger partial charge in [-0.05, 0) is 25.0 Å². The standard InChI is InChI=1S/C24H26F3N7O3S/c1-5-29-23(37)32-19-7-16(22-31-18(11-38-22)24(25,26)27)17(10-30-19)14-6-15(9-28-8-14)21(36)34-33-20(35)13(4)12(2)3/h6-13H,5H2,1-4H3,(H,33,35)(H,34,36)(H2,29,30,32,37)/t13-/m1/s1. The van der Waals surface area contributed by atoms with Gasteiger partial charge in [-0.2, -0.15) is 13.2 Å². The number of carbonyl (C=O) groups is 3. The molecule has 3 heterocycles. The van der Waals surface area contributed by atoms with E-state index in [4.69, 9.17) is 0 Å². The lowest BCUT2D eigenvalue weighted by atomic mass is 9.98. The Labute approximate surface area is 220 Å². The van der Waals surface area contributed by atoms with E-state index in [2.05, 4.69) is 36.4 Å². The molecule has 0 spiro atoms. The van der Waals surface area contributed by atoms with Crippen LogP contribution in [-0.4, -0.2) is 39.3 Å². The van der Waals surface area contributed by atoms with E-state index in [9.17, 15) is 27.6 Å². The summed E-state index contributed by atoms with van der Waals surface area (Å²) in [5.74, 6) is -1.18. The van der Waals surface area contributed by atoms with Crippen molar-refractivity contribution >= 4 is 35.0 Å². The number of nitrogens with zero attached hydrogens (tertiary/aromatic N) is 3. The highest BCUT2D eigenvalue weighted by Crippen LogP contribution is 2.38. The zero-order valence-electron chi connectivity index (χ0n) is 20.9. The maximum atomic E-state index is 13.2. The molecule has 0 bridgehead atoms. The zero-order valence-corrected chi connectivity index (χ0v) is 21.8. The van der Waals surface area contributed by atoms with Crippen LogP contribution in [0.2, 0.25) is 0 Å². The molecule has 14 heteroatoms. The van der Waals surface area contributed by atoms with E-state index < -0.39 is 23.8 Å². The van der Waals surface area contributed by atoms with Gasteiger partial charge in [-0.25, -0.2) is 14.8 Å². The van der Waals surface area contributed by atoms with Gasteiger partial charge in [0.25, 0.3) is 5.91 Å². The van der Waals surface area contributed by atoms with Crippen LogP contribution in [0.25, 0.3) is 21.7 Å². The summed E-state index contributed by atoms with van der Waals surface area (Å²) in [6.07, 6.45) is -0.608. The van der Waals surface area contributed by atoms with Crippen molar-refractivity contribution in [2.24, 2.45) is 11.8 Å². The molecule has 3 aromatic rings. The van der Waals surface area contributed by atoms with E-state index in [1.807, 2.05) is 13.8 Å². The average Bonchev–Trinajstić information content (AvgIpc) is 3.38. The van der Waals surface area contributed by atoms with Crippen molar-refractivity contribution in [3.8, 4) is 21.7 Å². The third-order valence-electron chi connectivity index (χ3n) is 5.53. The quantitative estimate of drug-likeness (QED) is 0.321. The molecule has 1 atom stereocenters. The molecule has 0 unspecified atom stereocenters. The smallest absolute Gasteiger partial charge is 0.338 e. The Morgan fingerprint density at radius 3 is 2.39 bits per heavy atom. The summed E-state index contributed by atoms with van der Waals surface area (Å²) in [4.78, 5) is 48.7. The van der Waals surface area contributed by atoms with Crippen LogP contribution in [0.15, 0.2) is 36.1 Å². The fraction of sp³-hybridized carbons (Fsp3) is 0.333. The SMILES string of the molecule is CCNC(=O)Nc1cc(-c2nc(C(F)(F)F)cs2)c(-c2cncc(C(=O)NNC(=O)[C@H](C)C(C)C)c2)cn1. The maximum Gasteiger partial charge on any atom is 0.434 e. The zero-order chi connectivity index (χ0) is 28.0. The predicted molar refractivity (Wildman–Crippen MR) is 136 cm³/mol. The third kappa shape index (κ3) is 7.03. The Balaban J connectivity index is 1.96. The lowest BCUT2D eigenvalue weighted by Gasteiger charge is -2.16. The van der Waals surface area contributed by atoms with E-state index >= 15 is 0 Å². The molecular formula is C24H26F3N7O3S. The highest BCUT2D eigenvalue weighted by molar-refractivity contribution is 7.13. The van der Waals surface area contributed by atoms with Crippen molar-refractivity contribution < 1.29 is 27.6 Å². The first kappa shape index (κ1) is 28.5. The Kier molecular flexibility index (Phi) is 8.99. The number of rotatable bonds is 7. The normalized spacial score (nSPS) is 12.1. The van der Waals surface area contributed by atoms with Crippen LogP contribution in [0.3, 0.4) is 0 Å². The van der Waals surface area contributed by atoms with Gasteiger partial charge in [0, 0.05) is 53.1 Å². The van der Waals surface area contributed by atoms with Gasteiger partial charge in [-0.15, -0.1) is 11.3 Å². The predicted octanol–water partition coefficient (Wildman–Crippen LogP) is 4.48. The van der Waals surface area contributed by atoms with Gasteiger partial charge in [0.1, 0.15) is 10.8 Å². The van der Waals surface area contributed by atoms with Crippen LogP contribution in [0, 0.1) is 11.8 Å². The molecule has 0 fully saturated rings. The van der Waals surface area contributed by atoms with Crippen LogP contribution in [0.1, 0.15) is 43.7 Å². The molecule has 0 aliphatic rings. The van der Waals surface area contributed by atoms with Crippen molar-refractivity contribution in [3.05, 3.63) is 47.4 Å². The third-order valence-corrected chi connectivity index (χ3v) is 6.41. The summed E-state index contributed by atoms with van der Waals surface area (Å²) in [5, 5.41) is 5.97. The number of aromatic nitrogens is 3. The Hall–Kier alpha value is -4.07. The molecular weight excluding hydrogens is 523 g/mol. The van der Waals surface area contributed by atoms with E-state index in [0.717, 1.165) is 16.7 Å². The van der Waals surface area contributed by atoms with Crippen LogP contribution < -0.4 is 21.5 Å². The number of hydrogen-bond acceptors (Lipinski definition) is 7. The fourth-order valence-corrected chi connectivity index (χ4v) is 3.95. The number of amides is 4. The summed E-state index contributed by atoms with van der Waals surface area (Å²) in [7, 11) is 0. The van der Waals surface area contributed by atoms with Gasteiger partial charge in [0.05, 0.1) is 5.56 Å². The summed E-state index contributed by atoms with van der Waals surface area (Å²) in [6.45, 7) is 7.57. The summed E-state index contributed by atoms with van der Waals surface area (Å²) >= 11 is 0.769. The van der Waals surface area contributed by atoms with Crippen molar-refractivity contribution in [1.82, 2.24) is 31.1 Å². The molecule has 0 saturated heterocycles. The molecule has 4 N–H and O–H groups in total. The number of anilines is 1. The number of carbonyl (C=O) groups excluding carboxylic acids is 3. The topological polar surface area (TPSA) is 138 Å². The second kappa shape index (κ2) is 12.0. The Morgan fingerprint density at radius 2 is 1.76 bits per heavy atom. The van der Waals surface area contributed by atoms with E-state index in [-0.39, 0.29) is 39.7 Å². The van der Waals surface area contributed by atoms with Crippen molar-refractivity contribution in [1.29, 1.82) is 0 Å². The largest absolute Gasteiger partial charge is 0.434 e. The second-order valence-corrected chi connectivity index (χ2v) is 9.43. The van der Waals surface area contributed by atoms with E-state index in [1.54, 1.807) is 13.8 Å². The highest BCUT2D eigenvalue weighted by Gasteiger charge is 2.34. The number of pyridine rings is 2. The fourth-order valence-electron chi connectivity index (χ4n) is 3.10. The van der Waals surface area contributed by atoms with Crippen molar-refractivity contribution in [2.75, 3.05) is 11.9 Å². The van der Waals surface area contributed by atoms with E-state index in [0.29, 0.717) is 17.7 Å². The molecule has 10 nitrogen and oxygen atoms in total. The Bertz CT molecular complexity index is 1330. The number of alkyl halides is 3. The molecule has 4 amide bonds. The minimum Gasteiger partial charge on any atom is -0.338 e. The number of urea groups is 1. The lowest BCUT2D eigenvalue weighted by molar-refractivity contribution is -0.140. The van der Waals surface area contributed by atoms with Gasteiger partial charge >= 0.3 is 12.2 Å². The number of thiazole rings is 1. The molecule has 0 aliphatic carbocycles. The number of hydrogen-bond donors (Lipinski definition) is 4. The van der Waals surface area contributed by atoms with Gasteiger partial charge in [0.2, 0.25) is 5.91 Å². The Morgan fingerprint density at radius 1 is 1.03 bits per heavy atom. The molecule has 0 saturated carbocycles. The van der Waals surface area contributed by atoms with Gasteiger partial charge in [0.15, 0.2) is 5.69 Å². The molecule has 3 rings (SSSR count). The number of hydrazine groups is 1. The van der Waals surface area contributed by atoms with E-state index in [1.165, 1.54) is 30.7 Å². The maximum absolute atomic E-state index is 13.2. The number of nitrogens with one attached hydrogen (secondary N) is 4. The summed E-state index contributed by atoms with van der Waals surface area (Å²) in [5.41, 5.74) is 4.67. The molecule has 3 aromatic heterocycles. The first-order chi connectivity index (χ1) is 17.9. The molecule has 202 valence electrons. The van der Waals surface area contributed by atoms with Gasteiger partial charge < -0.3 is 5.32 Å². The molecule has 38 heavy (non-hydrogen) atoms. The van der Waals surface area contributed by atoms with Crippen LogP contribution in [-0.2, 0) is 11.0 Å². The monoisotopic (exact) mass is 549 g/mol. The highest BCUT2D eigenvalue weighted by atomic mass is 32.1. The van der Waals surface area contributed by atoms with Gasteiger partial charge in [-0.3, -0.25) is 30.7 Å². The van der Waals surface area contributed by atoms with Crippen LogP contribution >= 0.6 is 11.3 Å². The van der Waals surface area contributed by atoms with Gasteiger partial charge in [-0.1, -0.05) is 20.8 Å². The molecule has 0 radical (unpaired) electrons. The minimum absolute atomic E-state index is 0.0264. The minimum atomic E-state index is -4.64. The first-order valence-corrected chi connectivity index (χ1v) is 12.4. The second-order valence-electron chi connectivity index (χ2n) is 8.57. The first-order valence-electron chi connectivity index (χ1n) is 11.5. The summed E-state index contributed by atoms with van der Waals surface area (Å²) in [6, 6.07) is 2.31. The average molecular weight is 550 g/mol. The van der Waals surface area contributed by atoms with Crippen molar-refractivity contribution in [2.45, 2.75) is 33.9 Å². The van der Waals surface area contributed by atoms with Crippen LogP contribution in [0.5, 0.6) is 0 Å². The molecule has 0 aliphatic heterocycles. The number of halogens is 3. The lowest BCUT2D eigenvalue weighted by Crippen LogP contribution is -2.45. The molecule has 0 aromatic carbocycles. The van der Waals surface area contributed by atoms with Crippen molar-refractivity contribution in [3.63, 3.8) is 0 Å². The van der Waals surface area contributed by atoms with Crippen LogP contribution in [0.4, 0.5) is 23.8 Å².